The Morgan fingerprint density at radius 3 is 2.67 bits per heavy atom. The number of pyridine rings is 1. The largest absolute Gasteiger partial charge is 0.401 e. The molecule has 0 saturated carbocycles. The minimum atomic E-state index is -4.29. The number of nitrogens with one attached hydrogen (secondary N) is 3. The zero-order valence-corrected chi connectivity index (χ0v) is 16.5. The lowest BCUT2D eigenvalue weighted by atomic mass is 9.85. The van der Waals surface area contributed by atoms with Crippen LogP contribution in [0.15, 0.2) is 36.7 Å². The van der Waals surface area contributed by atoms with Gasteiger partial charge >= 0.3 is 6.18 Å². The zero-order chi connectivity index (χ0) is 20.9. The normalized spacial score (nSPS) is 22.7. The topological polar surface area (TPSA) is 68.9 Å². The second-order valence-corrected chi connectivity index (χ2v) is 8.18. The Labute approximate surface area is 171 Å². The van der Waals surface area contributed by atoms with Crippen LogP contribution in [0.3, 0.4) is 0 Å². The number of alkyl halides is 3. The Bertz CT molecular complexity index is 1040. The zero-order valence-electron chi connectivity index (χ0n) is 16.5. The van der Waals surface area contributed by atoms with Crippen LogP contribution in [-0.2, 0) is 6.42 Å². The number of hydrogen-bond donors (Lipinski definition) is 3. The third-order valence-electron chi connectivity index (χ3n) is 6.04. The van der Waals surface area contributed by atoms with E-state index in [2.05, 4.69) is 25.8 Å². The number of H-pyrrole nitrogens is 1. The van der Waals surface area contributed by atoms with Crippen molar-refractivity contribution in [3.63, 3.8) is 0 Å². The highest BCUT2D eigenvalue weighted by molar-refractivity contribution is 5.83. The van der Waals surface area contributed by atoms with Gasteiger partial charge in [-0.2, -0.15) is 18.3 Å². The highest BCUT2D eigenvalue weighted by Gasteiger charge is 2.41. The van der Waals surface area contributed by atoms with Crippen LogP contribution in [0.4, 0.5) is 18.9 Å². The Balaban J connectivity index is 1.56. The molecule has 1 saturated heterocycles. The minimum absolute atomic E-state index is 0.287. The summed E-state index contributed by atoms with van der Waals surface area (Å²) in [5.74, 6) is 0. The van der Waals surface area contributed by atoms with Crippen molar-refractivity contribution in [1.29, 1.82) is 0 Å². The molecule has 9 heteroatoms. The molecule has 0 aliphatic carbocycles. The van der Waals surface area contributed by atoms with E-state index in [0.717, 1.165) is 40.8 Å². The first-order chi connectivity index (χ1) is 14.4. The number of anilines is 1. The van der Waals surface area contributed by atoms with E-state index in [-0.39, 0.29) is 6.04 Å². The van der Waals surface area contributed by atoms with Gasteiger partial charge in [0.1, 0.15) is 0 Å². The van der Waals surface area contributed by atoms with Crippen LogP contribution in [0.2, 0.25) is 0 Å². The summed E-state index contributed by atoms with van der Waals surface area (Å²) in [5.41, 5.74) is 4.30. The molecule has 2 aliphatic heterocycles. The van der Waals surface area contributed by atoms with Crippen LogP contribution in [0.5, 0.6) is 0 Å². The van der Waals surface area contributed by atoms with Crippen LogP contribution in [0, 0.1) is 0 Å². The number of hydrogen-bond acceptors (Lipinski definition) is 5. The average Bonchev–Trinajstić information content (AvgIpc) is 3.14. The van der Waals surface area contributed by atoms with Crippen LogP contribution in [0.1, 0.15) is 29.8 Å². The number of aromatic amines is 1. The molecule has 158 valence electrons. The molecule has 2 aliphatic rings. The first-order valence-corrected chi connectivity index (χ1v) is 10.1. The third kappa shape index (κ3) is 3.52. The quantitative estimate of drug-likeness (QED) is 0.609. The molecule has 2 aromatic heterocycles. The van der Waals surface area contributed by atoms with Crippen molar-refractivity contribution in [2.24, 2.45) is 0 Å². The summed E-state index contributed by atoms with van der Waals surface area (Å²) in [7, 11) is 0. The summed E-state index contributed by atoms with van der Waals surface area (Å²) >= 11 is 0. The fourth-order valence-corrected chi connectivity index (χ4v) is 4.48. The highest BCUT2D eigenvalue weighted by Crippen LogP contribution is 2.41. The molecule has 6 nitrogen and oxygen atoms in total. The van der Waals surface area contributed by atoms with Crippen molar-refractivity contribution >= 4 is 16.6 Å². The molecule has 0 unspecified atom stereocenters. The number of benzene rings is 1. The van der Waals surface area contributed by atoms with Gasteiger partial charge in [0.2, 0.25) is 0 Å². The van der Waals surface area contributed by atoms with Crippen LogP contribution in [-0.4, -0.2) is 58.0 Å². The van der Waals surface area contributed by atoms with E-state index in [4.69, 9.17) is 0 Å². The number of fused-ring (bicyclic) bond motifs is 3. The molecule has 0 bridgehead atoms. The lowest BCUT2D eigenvalue weighted by molar-refractivity contribution is -0.155. The summed E-state index contributed by atoms with van der Waals surface area (Å²) in [6.45, 7) is 2.67. The predicted molar refractivity (Wildman–Crippen MR) is 108 cm³/mol. The van der Waals surface area contributed by atoms with Crippen molar-refractivity contribution < 1.29 is 13.2 Å². The van der Waals surface area contributed by atoms with Crippen molar-refractivity contribution in [2.45, 2.75) is 37.6 Å². The monoisotopic (exact) mass is 416 g/mol. The highest BCUT2D eigenvalue weighted by atomic mass is 19.4. The molecular formula is C21H23F3N6. The van der Waals surface area contributed by atoms with Gasteiger partial charge in [0.05, 0.1) is 47.9 Å². The van der Waals surface area contributed by atoms with E-state index in [0.29, 0.717) is 18.2 Å². The Kier molecular flexibility index (Phi) is 4.67. The molecule has 30 heavy (non-hydrogen) atoms. The molecule has 3 aromatic rings. The van der Waals surface area contributed by atoms with Crippen molar-refractivity contribution in [2.75, 3.05) is 25.0 Å². The third-order valence-corrected chi connectivity index (χ3v) is 6.04. The van der Waals surface area contributed by atoms with Gasteiger partial charge in [0.15, 0.2) is 0 Å². The molecule has 1 fully saturated rings. The van der Waals surface area contributed by atoms with E-state index in [9.17, 15) is 13.2 Å². The summed E-state index contributed by atoms with van der Waals surface area (Å²) in [5, 5.41) is 14.6. The first kappa shape index (κ1) is 19.3. The van der Waals surface area contributed by atoms with Gasteiger partial charge in [0, 0.05) is 24.5 Å². The number of halogens is 3. The van der Waals surface area contributed by atoms with Crippen molar-refractivity contribution in [3.05, 3.63) is 53.5 Å². The second-order valence-electron chi connectivity index (χ2n) is 8.18. The van der Waals surface area contributed by atoms with Crippen LogP contribution >= 0.6 is 0 Å². The smallest absolute Gasteiger partial charge is 0.379 e. The van der Waals surface area contributed by atoms with Gasteiger partial charge in [-0.15, -0.1) is 0 Å². The lowest BCUT2D eigenvalue weighted by Gasteiger charge is -2.42. The van der Waals surface area contributed by atoms with Gasteiger partial charge in [-0.3, -0.25) is 15.0 Å². The number of aromatic nitrogens is 3. The first-order valence-electron chi connectivity index (χ1n) is 10.1. The summed E-state index contributed by atoms with van der Waals surface area (Å²) < 4.78 is 40.3. The van der Waals surface area contributed by atoms with Crippen LogP contribution < -0.4 is 10.6 Å². The molecule has 4 heterocycles. The van der Waals surface area contributed by atoms with E-state index >= 15 is 0 Å². The van der Waals surface area contributed by atoms with Gasteiger partial charge in [-0.25, -0.2) is 0 Å². The molecule has 3 N–H and O–H groups in total. The number of nitrogens with zero attached hydrogens (tertiary/aromatic N) is 3. The second kappa shape index (κ2) is 7.24. The summed E-state index contributed by atoms with van der Waals surface area (Å²) in [6.07, 6.45) is -0.283. The van der Waals surface area contributed by atoms with Crippen molar-refractivity contribution in [3.8, 4) is 0 Å². The Morgan fingerprint density at radius 1 is 1.17 bits per heavy atom. The molecule has 1 aromatic carbocycles. The standard InChI is InChI=1S/C21H23F3N6/c1-12-6-16-15(3-5-18-17(16)10-27-29-18)20(30(12)11-21(22,23)24)19-4-2-13(9-26-19)28-14-7-25-8-14/h2-5,9-10,12,14,20,25,28H,6-8,11H2,1H3,(H,27,29)/t12-,20+/m1/s1. The predicted octanol–water partition coefficient (Wildman–Crippen LogP) is 3.24. The maximum absolute atomic E-state index is 13.4. The lowest BCUT2D eigenvalue weighted by Crippen LogP contribution is -2.51. The summed E-state index contributed by atoms with van der Waals surface area (Å²) in [6, 6.07) is 7.04. The maximum Gasteiger partial charge on any atom is 0.401 e. The fourth-order valence-electron chi connectivity index (χ4n) is 4.48. The Morgan fingerprint density at radius 2 is 2.00 bits per heavy atom. The van der Waals surface area contributed by atoms with E-state index in [1.54, 1.807) is 12.4 Å². The molecule has 0 spiro atoms. The van der Waals surface area contributed by atoms with Gasteiger partial charge in [0.25, 0.3) is 0 Å². The molecule has 2 atom stereocenters. The average molecular weight is 416 g/mol. The molecule has 0 radical (unpaired) electrons. The van der Waals surface area contributed by atoms with Gasteiger partial charge < -0.3 is 10.6 Å². The van der Waals surface area contributed by atoms with E-state index in [1.807, 2.05) is 31.2 Å². The van der Waals surface area contributed by atoms with E-state index < -0.39 is 18.8 Å². The van der Waals surface area contributed by atoms with Gasteiger partial charge in [-0.1, -0.05) is 6.07 Å². The fraction of sp³-hybridized carbons (Fsp3) is 0.429. The Hall–Kier alpha value is -2.65. The number of rotatable bonds is 4. The molecular weight excluding hydrogens is 393 g/mol. The van der Waals surface area contributed by atoms with Crippen molar-refractivity contribution in [1.82, 2.24) is 25.4 Å². The van der Waals surface area contributed by atoms with E-state index in [1.165, 1.54) is 4.90 Å². The minimum Gasteiger partial charge on any atom is -0.379 e. The van der Waals surface area contributed by atoms with Gasteiger partial charge in [-0.05, 0) is 42.7 Å². The SMILES string of the molecule is C[C@@H]1Cc2c(ccc3[nH]ncc23)[C@@H](c2ccc(NC3CNC3)cn2)N1CC(F)(F)F. The summed E-state index contributed by atoms with van der Waals surface area (Å²) in [4.78, 5) is 6.09. The maximum atomic E-state index is 13.4. The molecule has 0 amide bonds. The van der Waals surface area contributed by atoms with Crippen LogP contribution in [0.25, 0.3) is 10.9 Å². The molecule has 5 rings (SSSR count).